The normalized spacial score (nSPS) is 17.0. The van der Waals surface area contributed by atoms with E-state index in [1.54, 1.807) is 42.5 Å². The topological polar surface area (TPSA) is 63.7 Å². The molecule has 0 bridgehead atoms. The van der Waals surface area contributed by atoms with E-state index >= 15 is 0 Å². The van der Waals surface area contributed by atoms with Crippen molar-refractivity contribution in [3.63, 3.8) is 0 Å². The minimum atomic E-state index is -3.74. The third-order valence-corrected chi connectivity index (χ3v) is 5.83. The average molecular weight is 366 g/mol. The fourth-order valence-electron chi connectivity index (χ4n) is 2.58. The SMILES string of the molecule is O=C(CCCl)N1CC(S(=O)(=O)c2ccccc2)Oc2ccccc21. The van der Waals surface area contributed by atoms with Crippen LogP contribution in [-0.4, -0.2) is 32.2 Å². The number of rotatable bonds is 4. The second kappa shape index (κ2) is 6.83. The Labute approximate surface area is 145 Å². The number of anilines is 1. The molecule has 0 radical (unpaired) electrons. The minimum Gasteiger partial charge on any atom is -0.470 e. The molecule has 0 aliphatic carbocycles. The van der Waals surface area contributed by atoms with Gasteiger partial charge in [-0.2, -0.15) is 0 Å². The van der Waals surface area contributed by atoms with Crippen molar-refractivity contribution in [2.45, 2.75) is 16.8 Å². The molecule has 0 N–H and O–H groups in total. The van der Waals surface area contributed by atoms with Crippen molar-refractivity contribution in [1.29, 1.82) is 0 Å². The van der Waals surface area contributed by atoms with Gasteiger partial charge in [0.25, 0.3) is 0 Å². The largest absolute Gasteiger partial charge is 0.470 e. The van der Waals surface area contributed by atoms with Gasteiger partial charge in [-0.25, -0.2) is 8.42 Å². The fourth-order valence-corrected chi connectivity index (χ4v) is 4.16. The quantitative estimate of drug-likeness (QED) is 0.781. The molecule has 0 saturated heterocycles. The second-order valence-electron chi connectivity index (χ2n) is 5.32. The zero-order valence-corrected chi connectivity index (χ0v) is 14.3. The molecule has 3 rings (SSSR count). The van der Waals surface area contributed by atoms with Crippen LogP contribution in [0.4, 0.5) is 5.69 Å². The third kappa shape index (κ3) is 3.12. The highest BCUT2D eigenvalue weighted by atomic mass is 35.5. The molecular formula is C17H16ClNO4S. The van der Waals surface area contributed by atoms with Crippen LogP contribution < -0.4 is 9.64 Å². The number of halogens is 1. The Morgan fingerprint density at radius 2 is 1.79 bits per heavy atom. The molecule has 1 aliphatic heterocycles. The van der Waals surface area contributed by atoms with Gasteiger partial charge in [-0.05, 0) is 24.3 Å². The molecule has 1 aliphatic rings. The summed E-state index contributed by atoms with van der Waals surface area (Å²) in [5.74, 6) is 0.319. The summed E-state index contributed by atoms with van der Waals surface area (Å²) in [5, 5.41) is 0. The summed E-state index contributed by atoms with van der Waals surface area (Å²) in [7, 11) is -3.74. The lowest BCUT2D eigenvalue weighted by Crippen LogP contribution is -2.47. The molecule has 1 unspecified atom stereocenters. The average Bonchev–Trinajstić information content (AvgIpc) is 2.61. The van der Waals surface area contributed by atoms with Gasteiger partial charge in [-0.3, -0.25) is 4.79 Å². The van der Waals surface area contributed by atoms with E-state index in [0.29, 0.717) is 11.4 Å². The predicted octanol–water partition coefficient (Wildman–Crippen LogP) is 2.84. The summed E-state index contributed by atoms with van der Waals surface area (Å²) >= 11 is 5.67. The van der Waals surface area contributed by atoms with Gasteiger partial charge in [0.15, 0.2) is 0 Å². The van der Waals surface area contributed by atoms with Crippen LogP contribution >= 0.6 is 11.6 Å². The fraction of sp³-hybridized carbons (Fsp3) is 0.235. The highest BCUT2D eigenvalue weighted by Crippen LogP contribution is 2.36. The summed E-state index contributed by atoms with van der Waals surface area (Å²) in [4.78, 5) is 14.0. The highest BCUT2D eigenvalue weighted by Gasteiger charge is 2.37. The monoisotopic (exact) mass is 365 g/mol. The van der Waals surface area contributed by atoms with Crippen LogP contribution in [0, 0.1) is 0 Å². The van der Waals surface area contributed by atoms with E-state index in [9.17, 15) is 13.2 Å². The number of carbonyl (C=O) groups excluding carboxylic acids is 1. The number of alkyl halides is 1. The summed E-state index contributed by atoms with van der Waals surface area (Å²) in [6, 6.07) is 15.0. The summed E-state index contributed by atoms with van der Waals surface area (Å²) in [6.45, 7) is -0.0655. The number of carbonyl (C=O) groups is 1. The molecule has 24 heavy (non-hydrogen) atoms. The van der Waals surface area contributed by atoms with E-state index in [4.69, 9.17) is 16.3 Å². The van der Waals surface area contributed by atoms with Gasteiger partial charge in [-0.1, -0.05) is 30.3 Å². The van der Waals surface area contributed by atoms with Gasteiger partial charge < -0.3 is 9.64 Å². The number of hydrogen-bond donors (Lipinski definition) is 0. The lowest BCUT2D eigenvalue weighted by atomic mass is 10.2. The van der Waals surface area contributed by atoms with Crippen molar-refractivity contribution in [2.75, 3.05) is 17.3 Å². The first-order valence-electron chi connectivity index (χ1n) is 7.45. The minimum absolute atomic E-state index is 0.0655. The molecule has 5 nitrogen and oxygen atoms in total. The molecule has 7 heteroatoms. The Kier molecular flexibility index (Phi) is 4.78. The Hall–Kier alpha value is -2.05. The van der Waals surface area contributed by atoms with Crippen LogP contribution in [0.2, 0.25) is 0 Å². The number of hydrogen-bond acceptors (Lipinski definition) is 4. The van der Waals surface area contributed by atoms with Gasteiger partial charge in [0.2, 0.25) is 21.2 Å². The van der Waals surface area contributed by atoms with Crippen molar-refractivity contribution in [3.05, 3.63) is 54.6 Å². The van der Waals surface area contributed by atoms with Gasteiger partial charge in [-0.15, -0.1) is 11.6 Å². The van der Waals surface area contributed by atoms with Crippen LogP contribution in [0.5, 0.6) is 5.75 Å². The molecule has 0 aromatic heterocycles. The standard InChI is InChI=1S/C17H16ClNO4S/c18-11-10-16(20)19-12-17(23-15-9-5-4-8-14(15)19)24(21,22)13-6-2-1-3-7-13/h1-9,17H,10-12H2. The summed E-state index contributed by atoms with van der Waals surface area (Å²) in [5.41, 5.74) is -0.596. The van der Waals surface area contributed by atoms with Gasteiger partial charge >= 0.3 is 0 Å². The Bertz CT molecular complexity index is 839. The lowest BCUT2D eigenvalue weighted by molar-refractivity contribution is -0.118. The van der Waals surface area contributed by atoms with Crippen LogP contribution in [0.1, 0.15) is 6.42 Å². The molecule has 1 amide bonds. The zero-order chi connectivity index (χ0) is 17.2. The lowest BCUT2D eigenvalue weighted by Gasteiger charge is -2.34. The van der Waals surface area contributed by atoms with Crippen molar-refractivity contribution < 1.29 is 17.9 Å². The number of ether oxygens (including phenoxy) is 1. The van der Waals surface area contributed by atoms with Gasteiger partial charge in [0.1, 0.15) is 5.75 Å². The smallest absolute Gasteiger partial charge is 0.228 e. The van der Waals surface area contributed by atoms with Crippen LogP contribution in [0.15, 0.2) is 59.5 Å². The van der Waals surface area contributed by atoms with Crippen LogP contribution in [0.3, 0.4) is 0 Å². The molecule has 0 fully saturated rings. The maximum Gasteiger partial charge on any atom is 0.228 e. The van der Waals surface area contributed by atoms with E-state index in [0.717, 1.165) is 0 Å². The molecule has 1 heterocycles. The molecule has 126 valence electrons. The molecule has 0 saturated carbocycles. The molecule has 1 atom stereocenters. The Morgan fingerprint density at radius 3 is 2.50 bits per heavy atom. The second-order valence-corrected chi connectivity index (χ2v) is 7.78. The first-order valence-corrected chi connectivity index (χ1v) is 9.53. The van der Waals surface area contributed by atoms with Crippen LogP contribution in [0.25, 0.3) is 0 Å². The maximum absolute atomic E-state index is 12.8. The van der Waals surface area contributed by atoms with Gasteiger partial charge in [0, 0.05) is 12.3 Å². The highest BCUT2D eigenvalue weighted by molar-refractivity contribution is 7.92. The van der Waals surface area contributed by atoms with Gasteiger partial charge in [0.05, 0.1) is 17.1 Å². The van der Waals surface area contributed by atoms with Crippen molar-refractivity contribution in [2.24, 2.45) is 0 Å². The third-order valence-electron chi connectivity index (χ3n) is 3.77. The maximum atomic E-state index is 12.8. The first kappa shape index (κ1) is 16.8. The number of fused-ring (bicyclic) bond motifs is 1. The number of nitrogens with zero attached hydrogens (tertiary/aromatic N) is 1. The van der Waals surface area contributed by atoms with E-state index in [-0.39, 0.29) is 29.6 Å². The summed E-state index contributed by atoms with van der Waals surface area (Å²) in [6.07, 6.45) is 0.133. The summed E-state index contributed by atoms with van der Waals surface area (Å²) < 4.78 is 31.4. The van der Waals surface area contributed by atoms with E-state index in [2.05, 4.69) is 0 Å². The molecular weight excluding hydrogens is 350 g/mol. The van der Waals surface area contributed by atoms with E-state index < -0.39 is 15.3 Å². The number of benzene rings is 2. The Balaban J connectivity index is 1.99. The first-order chi connectivity index (χ1) is 11.5. The van der Waals surface area contributed by atoms with Crippen LogP contribution in [-0.2, 0) is 14.6 Å². The van der Waals surface area contributed by atoms with Crippen molar-refractivity contribution in [3.8, 4) is 5.75 Å². The number of para-hydroxylation sites is 2. The Morgan fingerprint density at radius 1 is 1.12 bits per heavy atom. The number of amides is 1. The van der Waals surface area contributed by atoms with Crippen molar-refractivity contribution in [1.82, 2.24) is 0 Å². The number of sulfone groups is 1. The molecule has 2 aromatic carbocycles. The predicted molar refractivity (Wildman–Crippen MR) is 92.2 cm³/mol. The molecule has 2 aromatic rings. The molecule has 0 spiro atoms. The van der Waals surface area contributed by atoms with E-state index in [1.165, 1.54) is 17.0 Å². The van der Waals surface area contributed by atoms with E-state index in [1.807, 2.05) is 0 Å². The van der Waals surface area contributed by atoms with Crippen molar-refractivity contribution >= 4 is 33.0 Å². The zero-order valence-electron chi connectivity index (χ0n) is 12.8.